The molecule has 0 aliphatic carbocycles. The van der Waals surface area contributed by atoms with Crippen LogP contribution in [0.4, 0.5) is 0 Å². The molecular formula is C15H28N2O. The minimum Gasteiger partial charge on any atom is -0.300 e. The molecule has 0 fully saturated rings. The van der Waals surface area contributed by atoms with Crippen molar-refractivity contribution >= 4 is 0 Å². The Morgan fingerprint density at radius 1 is 1.22 bits per heavy atom. The van der Waals surface area contributed by atoms with Gasteiger partial charge in [-0.25, -0.2) is 0 Å². The third-order valence-electron chi connectivity index (χ3n) is 4.19. The Hall–Kier alpha value is -0.990. The molecular weight excluding hydrogens is 224 g/mol. The maximum absolute atomic E-state index is 12.2. The van der Waals surface area contributed by atoms with Crippen LogP contribution in [0, 0.1) is 6.92 Å². The van der Waals surface area contributed by atoms with E-state index in [4.69, 9.17) is 0 Å². The van der Waals surface area contributed by atoms with Crippen molar-refractivity contribution in [1.82, 2.24) is 9.78 Å². The Morgan fingerprint density at radius 3 is 2.33 bits per heavy atom. The van der Waals surface area contributed by atoms with Crippen molar-refractivity contribution in [2.45, 2.75) is 71.6 Å². The van der Waals surface area contributed by atoms with Crippen LogP contribution in [0.15, 0.2) is 4.79 Å². The molecule has 0 amide bonds. The zero-order valence-electron chi connectivity index (χ0n) is 12.6. The van der Waals surface area contributed by atoms with E-state index in [1.807, 2.05) is 6.92 Å². The number of hydrogen-bond acceptors (Lipinski definition) is 1. The number of aromatic amines is 1. The average Bonchev–Trinajstić information content (AvgIpc) is 2.59. The molecule has 18 heavy (non-hydrogen) atoms. The van der Waals surface area contributed by atoms with Gasteiger partial charge >= 0.3 is 0 Å². The maximum atomic E-state index is 12.2. The molecule has 3 nitrogen and oxygen atoms in total. The zero-order chi connectivity index (χ0) is 13.8. The van der Waals surface area contributed by atoms with Gasteiger partial charge in [-0.3, -0.25) is 14.6 Å². The molecule has 1 aromatic heterocycles. The quantitative estimate of drug-likeness (QED) is 0.739. The molecule has 0 saturated carbocycles. The molecule has 1 unspecified atom stereocenters. The summed E-state index contributed by atoms with van der Waals surface area (Å²) in [6.07, 6.45) is 7.17. The highest BCUT2D eigenvalue weighted by atomic mass is 16.1. The number of hydrogen-bond donors (Lipinski definition) is 1. The van der Waals surface area contributed by atoms with Crippen LogP contribution in [0.2, 0.25) is 0 Å². The summed E-state index contributed by atoms with van der Waals surface area (Å²) in [6.45, 7) is 8.66. The zero-order valence-corrected chi connectivity index (χ0v) is 12.6. The first-order valence-electron chi connectivity index (χ1n) is 7.22. The van der Waals surface area contributed by atoms with Crippen molar-refractivity contribution in [1.29, 1.82) is 0 Å². The molecule has 1 N–H and O–H groups in total. The van der Waals surface area contributed by atoms with E-state index in [0.717, 1.165) is 24.1 Å². The predicted octanol–water partition coefficient (Wildman–Crippen LogP) is 3.66. The standard InChI is InChI=1S/C15H28N2O/c1-6-8-9-10-11-15(4,7-2)13-12(3)16-17(5)14(13)18/h16H,6-11H2,1-5H3. The second-order valence-corrected chi connectivity index (χ2v) is 5.70. The molecule has 0 spiro atoms. The first-order valence-corrected chi connectivity index (χ1v) is 7.22. The minimum absolute atomic E-state index is 0.0205. The molecule has 1 rings (SSSR count). The lowest BCUT2D eigenvalue weighted by atomic mass is 9.76. The fraction of sp³-hybridized carbons (Fsp3) is 0.800. The summed E-state index contributed by atoms with van der Waals surface area (Å²) in [5.41, 5.74) is 2.19. The summed E-state index contributed by atoms with van der Waals surface area (Å²) in [6, 6.07) is 0. The summed E-state index contributed by atoms with van der Waals surface area (Å²) in [5.74, 6) is 0. The molecule has 1 heterocycles. The highest BCUT2D eigenvalue weighted by Gasteiger charge is 2.30. The topological polar surface area (TPSA) is 37.8 Å². The van der Waals surface area contributed by atoms with Crippen molar-refractivity contribution in [2.24, 2.45) is 7.05 Å². The molecule has 0 aromatic carbocycles. The lowest BCUT2D eigenvalue weighted by molar-refractivity contribution is 0.391. The highest BCUT2D eigenvalue weighted by Crippen LogP contribution is 2.32. The van der Waals surface area contributed by atoms with E-state index in [1.54, 1.807) is 11.7 Å². The lowest BCUT2D eigenvalue weighted by Crippen LogP contribution is -2.29. The summed E-state index contributed by atoms with van der Waals surface area (Å²) in [4.78, 5) is 12.2. The molecule has 3 heteroatoms. The van der Waals surface area contributed by atoms with Gasteiger partial charge in [0.2, 0.25) is 0 Å². The molecule has 0 radical (unpaired) electrons. The van der Waals surface area contributed by atoms with Gasteiger partial charge in [-0.15, -0.1) is 0 Å². The highest BCUT2D eigenvalue weighted by molar-refractivity contribution is 5.26. The Kier molecular flexibility index (Phi) is 5.24. The van der Waals surface area contributed by atoms with E-state index in [2.05, 4.69) is 25.9 Å². The van der Waals surface area contributed by atoms with Gasteiger partial charge in [0.05, 0.1) is 0 Å². The van der Waals surface area contributed by atoms with E-state index in [9.17, 15) is 4.79 Å². The molecule has 104 valence electrons. The van der Waals surface area contributed by atoms with E-state index >= 15 is 0 Å². The van der Waals surface area contributed by atoms with Crippen LogP contribution in [-0.4, -0.2) is 9.78 Å². The van der Waals surface area contributed by atoms with Crippen molar-refractivity contribution < 1.29 is 0 Å². The average molecular weight is 252 g/mol. The Morgan fingerprint density at radius 2 is 1.89 bits per heavy atom. The van der Waals surface area contributed by atoms with Gasteiger partial charge in [-0.2, -0.15) is 0 Å². The molecule has 1 aromatic rings. The van der Waals surface area contributed by atoms with E-state index in [0.29, 0.717) is 0 Å². The first-order chi connectivity index (χ1) is 8.46. The second kappa shape index (κ2) is 6.26. The van der Waals surface area contributed by atoms with Crippen molar-refractivity contribution in [3.8, 4) is 0 Å². The van der Waals surface area contributed by atoms with Crippen LogP contribution < -0.4 is 5.56 Å². The summed E-state index contributed by atoms with van der Waals surface area (Å²) in [5, 5.41) is 3.12. The fourth-order valence-corrected chi connectivity index (χ4v) is 2.82. The molecule has 0 saturated heterocycles. The van der Waals surface area contributed by atoms with Gasteiger partial charge in [-0.05, 0) is 25.2 Å². The van der Waals surface area contributed by atoms with E-state index in [1.165, 1.54) is 25.7 Å². The summed E-state index contributed by atoms with van der Waals surface area (Å²) >= 11 is 0. The van der Waals surface area contributed by atoms with Gasteiger partial charge < -0.3 is 0 Å². The first kappa shape index (κ1) is 15.1. The summed E-state index contributed by atoms with van der Waals surface area (Å²) in [7, 11) is 1.80. The van der Waals surface area contributed by atoms with Crippen molar-refractivity contribution in [3.05, 3.63) is 21.6 Å². The number of unbranched alkanes of at least 4 members (excludes halogenated alkanes) is 3. The largest absolute Gasteiger partial charge is 0.300 e. The van der Waals surface area contributed by atoms with Gasteiger partial charge in [0.15, 0.2) is 0 Å². The Labute approximate surface area is 111 Å². The van der Waals surface area contributed by atoms with Crippen molar-refractivity contribution in [2.75, 3.05) is 0 Å². The van der Waals surface area contributed by atoms with Crippen molar-refractivity contribution in [3.63, 3.8) is 0 Å². The Balaban J connectivity index is 2.89. The van der Waals surface area contributed by atoms with Gasteiger partial charge in [-0.1, -0.05) is 46.5 Å². The third-order valence-corrected chi connectivity index (χ3v) is 4.19. The Bertz CT molecular complexity index is 430. The summed E-state index contributed by atoms with van der Waals surface area (Å²) < 4.78 is 1.60. The van der Waals surface area contributed by atoms with E-state index < -0.39 is 0 Å². The minimum atomic E-state index is 0.0205. The molecule has 1 atom stereocenters. The number of aryl methyl sites for hydroxylation is 2. The van der Waals surface area contributed by atoms with Gasteiger partial charge in [0, 0.05) is 18.3 Å². The number of nitrogens with one attached hydrogen (secondary N) is 1. The third kappa shape index (κ3) is 3.06. The molecule has 0 aliphatic heterocycles. The smallest absolute Gasteiger partial charge is 0.270 e. The predicted molar refractivity (Wildman–Crippen MR) is 77.2 cm³/mol. The number of aromatic nitrogens is 2. The molecule has 0 bridgehead atoms. The van der Waals surface area contributed by atoms with Gasteiger partial charge in [0.1, 0.15) is 0 Å². The SMILES string of the molecule is CCCCCCC(C)(CC)c1c(C)[nH]n(C)c1=O. The number of nitrogens with zero attached hydrogens (tertiary/aromatic N) is 1. The van der Waals surface area contributed by atoms with Crippen LogP contribution in [0.25, 0.3) is 0 Å². The van der Waals surface area contributed by atoms with Crippen LogP contribution in [0.1, 0.15) is 70.6 Å². The second-order valence-electron chi connectivity index (χ2n) is 5.70. The van der Waals surface area contributed by atoms with Crippen LogP contribution in [0.5, 0.6) is 0 Å². The van der Waals surface area contributed by atoms with Gasteiger partial charge in [0.25, 0.3) is 5.56 Å². The lowest BCUT2D eigenvalue weighted by Gasteiger charge is -2.27. The van der Waals surface area contributed by atoms with Crippen LogP contribution in [0.3, 0.4) is 0 Å². The van der Waals surface area contributed by atoms with Crippen LogP contribution in [-0.2, 0) is 12.5 Å². The maximum Gasteiger partial charge on any atom is 0.270 e. The monoisotopic (exact) mass is 252 g/mol. The fourth-order valence-electron chi connectivity index (χ4n) is 2.82. The normalized spacial score (nSPS) is 14.7. The molecule has 0 aliphatic rings. The number of H-pyrrole nitrogens is 1. The number of rotatable bonds is 7. The van der Waals surface area contributed by atoms with Crippen LogP contribution >= 0.6 is 0 Å². The van der Waals surface area contributed by atoms with E-state index in [-0.39, 0.29) is 11.0 Å².